The van der Waals surface area contributed by atoms with Gasteiger partial charge in [0.15, 0.2) is 5.78 Å². The summed E-state index contributed by atoms with van der Waals surface area (Å²) in [5.41, 5.74) is -0.558. The first-order chi connectivity index (χ1) is 4.54. The van der Waals surface area contributed by atoms with Crippen LogP contribution in [0.3, 0.4) is 0 Å². The second-order valence-electron chi connectivity index (χ2n) is 2.61. The van der Waals surface area contributed by atoms with Crippen LogP contribution in [0.5, 0.6) is 0 Å². The van der Waals surface area contributed by atoms with E-state index in [1.54, 1.807) is 6.92 Å². The van der Waals surface area contributed by atoms with Crippen molar-refractivity contribution >= 4 is 16.8 Å². The van der Waals surface area contributed by atoms with Crippen LogP contribution in [0.15, 0.2) is 4.36 Å². The Labute approximate surface area is 63.1 Å². The van der Waals surface area contributed by atoms with Crippen molar-refractivity contribution in [3.63, 3.8) is 0 Å². The number of Topliss-reactive ketones (excluding diaryl/α,β-unsaturated/α-hetero) is 1. The molecular weight excluding hydrogens is 150 g/mol. The van der Waals surface area contributed by atoms with E-state index >= 15 is 0 Å². The molecule has 2 atom stereocenters. The number of carbonyl (C=O) groups is 1. The minimum absolute atomic E-state index is 0.0874. The van der Waals surface area contributed by atoms with Crippen LogP contribution in [-0.2, 0) is 19.9 Å². The van der Waals surface area contributed by atoms with E-state index in [2.05, 4.69) is 4.36 Å². The summed E-state index contributed by atoms with van der Waals surface area (Å²) < 4.78 is 9.35. The van der Waals surface area contributed by atoms with Gasteiger partial charge in [-0.25, -0.2) is 4.36 Å². The van der Waals surface area contributed by atoms with E-state index in [0.29, 0.717) is 6.61 Å². The molecule has 4 heteroatoms. The van der Waals surface area contributed by atoms with Gasteiger partial charge in [0.2, 0.25) is 0 Å². The summed E-state index contributed by atoms with van der Waals surface area (Å²) in [6.07, 6.45) is 1.87. The largest absolute Gasteiger partial charge is 0.303 e. The lowest BCUT2D eigenvalue weighted by Crippen LogP contribution is -2.32. The molecule has 0 aromatic carbocycles. The van der Waals surface area contributed by atoms with E-state index in [4.69, 9.17) is 4.18 Å². The number of hydrogen-bond donors (Lipinski definition) is 0. The highest BCUT2D eigenvalue weighted by molar-refractivity contribution is 7.82. The average Bonchev–Trinajstić information content (AvgIpc) is 2.13. The van der Waals surface area contributed by atoms with Gasteiger partial charge in [-0.05, 0) is 13.8 Å². The quantitative estimate of drug-likeness (QED) is 0.568. The lowest BCUT2D eigenvalue weighted by Gasteiger charge is -2.12. The predicted molar refractivity (Wildman–Crippen MR) is 40.8 cm³/mol. The molecule has 0 aliphatic carbocycles. The molecular formula is C6H11NO2S. The number of carbonyl (C=O) groups excluding carboxylic acids is 1. The van der Waals surface area contributed by atoms with E-state index in [-0.39, 0.29) is 16.8 Å². The Hall–Kier alpha value is -0.220. The van der Waals surface area contributed by atoms with Gasteiger partial charge in [-0.3, -0.25) is 4.79 Å². The zero-order valence-corrected chi connectivity index (χ0v) is 7.20. The van der Waals surface area contributed by atoms with Crippen LogP contribution in [0.1, 0.15) is 13.8 Å². The SMILES string of the molecule is CC(=O)[C@@]1(C)COS(C)=N1. The standard InChI is InChI=1S/C6H11NO2S/c1-5(8)6(2)4-9-10(3)7-6/h4H2,1-3H3/t6-,10?/m1/s1. The Morgan fingerprint density at radius 3 is 2.60 bits per heavy atom. The molecule has 0 N–H and O–H groups in total. The van der Waals surface area contributed by atoms with Crippen molar-refractivity contribution in [1.29, 1.82) is 0 Å². The third-order valence-electron chi connectivity index (χ3n) is 1.60. The Morgan fingerprint density at radius 2 is 2.40 bits per heavy atom. The Balaban J connectivity index is 2.82. The summed E-state index contributed by atoms with van der Waals surface area (Å²) in [7, 11) is -0.359. The monoisotopic (exact) mass is 161 g/mol. The van der Waals surface area contributed by atoms with E-state index in [9.17, 15) is 4.79 Å². The van der Waals surface area contributed by atoms with Crippen molar-refractivity contribution in [3.8, 4) is 0 Å². The van der Waals surface area contributed by atoms with Crippen LogP contribution in [0, 0.1) is 0 Å². The number of ketones is 1. The highest BCUT2D eigenvalue weighted by atomic mass is 32.2. The van der Waals surface area contributed by atoms with Crippen LogP contribution >= 0.6 is 0 Å². The first-order valence-electron chi connectivity index (χ1n) is 3.08. The lowest BCUT2D eigenvalue weighted by atomic mass is 10.0. The third-order valence-corrected chi connectivity index (χ3v) is 2.72. The maximum Gasteiger partial charge on any atom is 0.160 e. The topological polar surface area (TPSA) is 38.7 Å². The van der Waals surface area contributed by atoms with Crippen LogP contribution in [0.2, 0.25) is 0 Å². The van der Waals surface area contributed by atoms with Crippen molar-refractivity contribution in [1.82, 2.24) is 0 Å². The van der Waals surface area contributed by atoms with Crippen molar-refractivity contribution in [3.05, 3.63) is 0 Å². The zero-order valence-electron chi connectivity index (χ0n) is 6.38. The summed E-state index contributed by atoms with van der Waals surface area (Å²) >= 11 is 0. The second-order valence-corrected chi connectivity index (χ2v) is 3.87. The summed E-state index contributed by atoms with van der Waals surface area (Å²) in [6, 6.07) is 0. The van der Waals surface area contributed by atoms with E-state index in [1.165, 1.54) is 0 Å². The highest BCUT2D eigenvalue weighted by Crippen LogP contribution is 2.20. The molecule has 0 aromatic rings. The molecule has 0 aromatic heterocycles. The van der Waals surface area contributed by atoms with Gasteiger partial charge < -0.3 is 4.18 Å². The molecule has 1 heterocycles. The third kappa shape index (κ3) is 1.27. The fourth-order valence-corrected chi connectivity index (χ4v) is 1.90. The minimum atomic E-state index is -0.558. The molecule has 0 saturated heterocycles. The number of nitrogens with zero attached hydrogens (tertiary/aromatic N) is 1. The minimum Gasteiger partial charge on any atom is -0.303 e. The average molecular weight is 161 g/mol. The van der Waals surface area contributed by atoms with Crippen molar-refractivity contribution < 1.29 is 8.98 Å². The van der Waals surface area contributed by atoms with Crippen molar-refractivity contribution in [2.45, 2.75) is 19.4 Å². The molecule has 58 valence electrons. The van der Waals surface area contributed by atoms with Crippen molar-refractivity contribution in [2.75, 3.05) is 12.9 Å². The molecule has 1 rings (SSSR count). The predicted octanol–water partition coefficient (Wildman–Crippen LogP) is 0.711. The van der Waals surface area contributed by atoms with Crippen LogP contribution < -0.4 is 0 Å². The Bertz CT molecular complexity index is 202. The van der Waals surface area contributed by atoms with E-state index < -0.39 is 5.54 Å². The van der Waals surface area contributed by atoms with Gasteiger partial charge >= 0.3 is 0 Å². The summed E-state index contributed by atoms with van der Waals surface area (Å²) in [5.74, 6) is 0.0874. The van der Waals surface area contributed by atoms with Crippen molar-refractivity contribution in [2.24, 2.45) is 4.36 Å². The van der Waals surface area contributed by atoms with Gasteiger partial charge in [0, 0.05) is 17.2 Å². The summed E-state index contributed by atoms with van der Waals surface area (Å²) in [5, 5.41) is 0. The second kappa shape index (κ2) is 2.43. The van der Waals surface area contributed by atoms with Crippen LogP contribution in [0.25, 0.3) is 0 Å². The fraction of sp³-hybridized carbons (Fsp3) is 0.833. The molecule has 1 aliphatic heterocycles. The molecule has 1 aliphatic rings. The fourth-order valence-electron chi connectivity index (χ4n) is 0.702. The molecule has 10 heavy (non-hydrogen) atoms. The molecule has 0 fully saturated rings. The number of hydrogen-bond acceptors (Lipinski definition) is 3. The van der Waals surface area contributed by atoms with Gasteiger partial charge in [0.1, 0.15) is 5.54 Å². The van der Waals surface area contributed by atoms with Gasteiger partial charge in [0.25, 0.3) is 0 Å². The molecule has 0 amide bonds. The molecule has 0 saturated carbocycles. The molecule has 0 bridgehead atoms. The van der Waals surface area contributed by atoms with Crippen LogP contribution in [-0.4, -0.2) is 24.2 Å². The summed E-state index contributed by atoms with van der Waals surface area (Å²) in [4.78, 5) is 10.9. The maximum absolute atomic E-state index is 10.9. The Morgan fingerprint density at radius 1 is 1.80 bits per heavy atom. The molecule has 3 nitrogen and oxygen atoms in total. The molecule has 0 radical (unpaired) electrons. The van der Waals surface area contributed by atoms with Gasteiger partial charge in [-0.1, -0.05) is 0 Å². The van der Waals surface area contributed by atoms with Gasteiger partial charge in [0.05, 0.1) is 6.61 Å². The zero-order chi connectivity index (χ0) is 7.78. The van der Waals surface area contributed by atoms with Gasteiger partial charge in [-0.2, -0.15) is 0 Å². The maximum atomic E-state index is 10.9. The highest BCUT2D eigenvalue weighted by Gasteiger charge is 2.34. The number of rotatable bonds is 1. The molecule has 0 spiro atoms. The lowest BCUT2D eigenvalue weighted by molar-refractivity contribution is -0.121. The van der Waals surface area contributed by atoms with Crippen LogP contribution in [0.4, 0.5) is 0 Å². The molecule has 1 unspecified atom stereocenters. The first kappa shape index (κ1) is 7.88. The van der Waals surface area contributed by atoms with Gasteiger partial charge in [-0.15, -0.1) is 0 Å². The first-order valence-corrected chi connectivity index (χ1v) is 4.59. The smallest absolute Gasteiger partial charge is 0.160 e. The summed E-state index contributed by atoms with van der Waals surface area (Å²) in [6.45, 7) is 3.81. The van der Waals surface area contributed by atoms with E-state index in [1.807, 2.05) is 13.2 Å². The van der Waals surface area contributed by atoms with E-state index in [0.717, 1.165) is 0 Å². The normalized spacial score (nSPS) is 39.3. The Kier molecular flexibility index (Phi) is 1.92.